The number of hydrogen-bond donors (Lipinski definition) is 1. The molecule has 1 aliphatic heterocycles. The number of nitrogen functional groups attached to an aromatic ring is 1. The molecule has 1 heterocycles. The molecule has 92 valence electrons. The molecule has 0 spiro atoms. The highest BCUT2D eigenvalue weighted by molar-refractivity contribution is 5.64. The first-order valence-electron chi connectivity index (χ1n) is 6.37. The van der Waals surface area contributed by atoms with Gasteiger partial charge in [-0.2, -0.15) is 0 Å². The van der Waals surface area contributed by atoms with Gasteiger partial charge in [0.15, 0.2) is 0 Å². The minimum Gasteiger partial charge on any atom is -0.494 e. The molecule has 3 rings (SSSR count). The average molecular weight is 232 g/mol. The molecule has 17 heavy (non-hydrogen) atoms. The Bertz CT molecular complexity index is 452. The fraction of sp³-hybridized carbons (Fsp3) is 0.571. The maximum absolute atomic E-state index is 6.12. The van der Waals surface area contributed by atoms with E-state index >= 15 is 0 Å². The van der Waals surface area contributed by atoms with Crippen molar-refractivity contribution in [1.82, 2.24) is 4.90 Å². The third-order valence-electron chi connectivity index (χ3n) is 3.92. The van der Waals surface area contributed by atoms with Crippen molar-refractivity contribution in [1.29, 1.82) is 0 Å². The van der Waals surface area contributed by atoms with E-state index in [4.69, 9.17) is 10.5 Å². The molecule has 3 nitrogen and oxygen atoms in total. The molecule has 2 aliphatic rings. The van der Waals surface area contributed by atoms with Crippen LogP contribution in [0.2, 0.25) is 0 Å². The number of benzene rings is 1. The van der Waals surface area contributed by atoms with Crippen LogP contribution < -0.4 is 10.5 Å². The van der Waals surface area contributed by atoms with Crippen LogP contribution >= 0.6 is 0 Å². The number of fused-ring (bicyclic) bond motifs is 1. The third-order valence-corrected chi connectivity index (χ3v) is 3.92. The molecule has 0 unspecified atom stereocenters. The van der Waals surface area contributed by atoms with Gasteiger partial charge in [0.25, 0.3) is 0 Å². The maximum atomic E-state index is 6.12. The molecular formula is C14H20N2O. The highest BCUT2D eigenvalue weighted by atomic mass is 16.5. The molecule has 1 aromatic rings. The van der Waals surface area contributed by atoms with Gasteiger partial charge in [-0.3, -0.25) is 0 Å². The van der Waals surface area contributed by atoms with Crippen LogP contribution in [0.25, 0.3) is 0 Å². The summed E-state index contributed by atoms with van der Waals surface area (Å²) in [7, 11) is 3.90. The summed E-state index contributed by atoms with van der Waals surface area (Å²) in [6.07, 6.45) is 3.72. The van der Waals surface area contributed by atoms with Gasteiger partial charge >= 0.3 is 0 Å². The van der Waals surface area contributed by atoms with Crippen LogP contribution in [0.5, 0.6) is 5.75 Å². The van der Waals surface area contributed by atoms with Crippen molar-refractivity contribution in [3.8, 4) is 5.75 Å². The molecule has 2 N–H and O–H groups in total. The van der Waals surface area contributed by atoms with Crippen LogP contribution in [0, 0.1) is 0 Å². The minimum absolute atomic E-state index is 0.700. The molecule has 1 aliphatic carbocycles. The molecule has 0 atom stereocenters. The van der Waals surface area contributed by atoms with Crippen molar-refractivity contribution >= 4 is 5.69 Å². The van der Waals surface area contributed by atoms with Crippen molar-refractivity contribution < 1.29 is 4.74 Å². The van der Waals surface area contributed by atoms with Gasteiger partial charge in [0, 0.05) is 18.7 Å². The number of ether oxygens (including phenoxy) is 1. The smallest absolute Gasteiger partial charge is 0.145 e. The Morgan fingerprint density at radius 3 is 2.82 bits per heavy atom. The number of methoxy groups -OCH3 is 1. The molecule has 1 saturated carbocycles. The Kier molecular flexibility index (Phi) is 2.51. The standard InChI is InChI=1S/C14H20N2O/c1-16-6-5-11-10(8-16)7-12(15)14(17-2)13(11)9-3-4-9/h7,9H,3-6,8,15H2,1-2H3. The zero-order chi connectivity index (χ0) is 12.0. The summed E-state index contributed by atoms with van der Waals surface area (Å²) in [5.41, 5.74) is 11.3. The summed E-state index contributed by atoms with van der Waals surface area (Å²) in [6, 6.07) is 2.11. The largest absolute Gasteiger partial charge is 0.494 e. The molecule has 3 heteroatoms. The Morgan fingerprint density at radius 1 is 1.41 bits per heavy atom. The monoisotopic (exact) mass is 232 g/mol. The fourth-order valence-corrected chi connectivity index (χ4v) is 2.95. The first kappa shape index (κ1) is 10.9. The van der Waals surface area contributed by atoms with Gasteiger partial charge in [-0.1, -0.05) is 0 Å². The summed E-state index contributed by atoms with van der Waals surface area (Å²) >= 11 is 0. The summed E-state index contributed by atoms with van der Waals surface area (Å²) in [4.78, 5) is 2.35. The van der Waals surface area contributed by atoms with Gasteiger partial charge in [-0.15, -0.1) is 0 Å². The van der Waals surface area contributed by atoms with Crippen LogP contribution in [-0.4, -0.2) is 25.6 Å². The molecule has 0 aromatic heterocycles. The quantitative estimate of drug-likeness (QED) is 0.794. The maximum Gasteiger partial charge on any atom is 0.145 e. The van der Waals surface area contributed by atoms with Crippen molar-refractivity contribution in [2.24, 2.45) is 0 Å². The lowest BCUT2D eigenvalue weighted by molar-refractivity contribution is 0.311. The normalized spacial score (nSPS) is 20.1. The molecule has 0 saturated heterocycles. The van der Waals surface area contributed by atoms with Crippen LogP contribution in [-0.2, 0) is 13.0 Å². The number of nitrogens with zero attached hydrogens (tertiary/aromatic N) is 1. The van der Waals surface area contributed by atoms with Crippen molar-refractivity contribution in [2.45, 2.75) is 31.7 Å². The van der Waals surface area contributed by atoms with Crippen LogP contribution in [0.1, 0.15) is 35.4 Å². The number of hydrogen-bond acceptors (Lipinski definition) is 3. The van der Waals surface area contributed by atoms with Crippen molar-refractivity contribution in [3.63, 3.8) is 0 Å². The van der Waals surface area contributed by atoms with Crippen molar-refractivity contribution in [3.05, 3.63) is 22.8 Å². The lowest BCUT2D eigenvalue weighted by Gasteiger charge is -2.28. The highest BCUT2D eigenvalue weighted by Gasteiger charge is 2.32. The van der Waals surface area contributed by atoms with E-state index in [0.29, 0.717) is 5.92 Å². The Hall–Kier alpha value is -1.22. The van der Waals surface area contributed by atoms with Gasteiger partial charge < -0.3 is 15.4 Å². The predicted molar refractivity (Wildman–Crippen MR) is 69.4 cm³/mol. The Labute approximate surface area is 103 Å². The lowest BCUT2D eigenvalue weighted by atomic mass is 9.90. The first-order valence-corrected chi connectivity index (χ1v) is 6.37. The average Bonchev–Trinajstić information content (AvgIpc) is 3.10. The van der Waals surface area contributed by atoms with Gasteiger partial charge in [0.05, 0.1) is 12.8 Å². The second kappa shape index (κ2) is 3.91. The SMILES string of the molecule is COc1c(N)cc2c(c1C1CC1)CCN(C)C2. The summed E-state index contributed by atoms with van der Waals surface area (Å²) in [6.45, 7) is 2.16. The third kappa shape index (κ3) is 1.78. The minimum atomic E-state index is 0.700. The zero-order valence-corrected chi connectivity index (χ0v) is 10.6. The lowest BCUT2D eigenvalue weighted by Crippen LogP contribution is -2.27. The van der Waals surface area contributed by atoms with E-state index in [2.05, 4.69) is 18.0 Å². The second-order valence-corrected chi connectivity index (χ2v) is 5.31. The highest BCUT2D eigenvalue weighted by Crippen LogP contribution is 2.49. The number of nitrogens with two attached hydrogens (primary N) is 1. The van der Waals surface area contributed by atoms with E-state index in [1.165, 1.54) is 29.5 Å². The molecular weight excluding hydrogens is 212 g/mol. The molecule has 0 bridgehead atoms. The van der Waals surface area contributed by atoms with Gasteiger partial charge in [0.2, 0.25) is 0 Å². The first-order chi connectivity index (χ1) is 8.20. The van der Waals surface area contributed by atoms with E-state index in [0.717, 1.165) is 30.9 Å². The van der Waals surface area contributed by atoms with Crippen LogP contribution in [0.4, 0.5) is 5.69 Å². The predicted octanol–water partition coefficient (Wildman–Crippen LogP) is 2.14. The van der Waals surface area contributed by atoms with E-state index in [1.54, 1.807) is 7.11 Å². The summed E-state index contributed by atoms with van der Waals surface area (Å²) in [5.74, 6) is 1.64. The van der Waals surface area contributed by atoms with E-state index in [9.17, 15) is 0 Å². The summed E-state index contributed by atoms with van der Waals surface area (Å²) in [5, 5.41) is 0. The van der Waals surface area contributed by atoms with Crippen molar-refractivity contribution in [2.75, 3.05) is 26.4 Å². The van der Waals surface area contributed by atoms with Gasteiger partial charge in [-0.05, 0) is 49.4 Å². The molecule has 1 aromatic carbocycles. The van der Waals surface area contributed by atoms with Crippen LogP contribution in [0.15, 0.2) is 6.07 Å². The molecule has 0 amide bonds. The number of likely N-dealkylation sites (N-methyl/N-ethyl adjacent to an activating group) is 1. The fourth-order valence-electron chi connectivity index (χ4n) is 2.95. The molecule has 0 radical (unpaired) electrons. The topological polar surface area (TPSA) is 38.5 Å². The van der Waals surface area contributed by atoms with E-state index in [1.807, 2.05) is 0 Å². The Balaban J connectivity index is 2.15. The zero-order valence-electron chi connectivity index (χ0n) is 10.6. The summed E-state index contributed by atoms with van der Waals surface area (Å²) < 4.78 is 5.53. The van der Waals surface area contributed by atoms with Gasteiger partial charge in [-0.25, -0.2) is 0 Å². The Morgan fingerprint density at radius 2 is 2.18 bits per heavy atom. The van der Waals surface area contributed by atoms with E-state index in [-0.39, 0.29) is 0 Å². The van der Waals surface area contributed by atoms with E-state index < -0.39 is 0 Å². The van der Waals surface area contributed by atoms with Gasteiger partial charge in [0.1, 0.15) is 5.75 Å². The molecule has 1 fully saturated rings. The van der Waals surface area contributed by atoms with Crippen LogP contribution in [0.3, 0.4) is 0 Å². The number of rotatable bonds is 2. The number of anilines is 1. The second-order valence-electron chi connectivity index (χ2n) is 5.31.